The highest BCUT2D eigenvalue weighted by atomic mass is 79.9. The molecule has 32 heavy (non-hydrogen) atoms. The van der Waals surface area contributed by atoms with Crippen LogP contribution in [0.4, 0.5) is 0 Å². The van der Waals surface area contributed by atoms with E-state index in [0.29, 0.717) is 4.32 Å². The molecular weight excluding hydrogens is 500 g/mol. The predicted molar refractivity (Wildman–Crippen MR) is 142 cm³/mol. The molecule has 0 radical (unpaired) electrons. The number of thioether (sulfide) groups is 1. The van der Waals surface area contributed by atoms with Gasteiger partial charge in [0.05, 0.1) is 4.91 Å². The molecular formula is C26H25BrN2OS2. The Hall–Kier alpha value is -1.89. The van der Waals surface area contributed by atoms with Gasteiger partial charge in [-0.3, -0.25) is 9.69 Å². The van der Waals surface area contributed by atoms with Gasteiger partial charge in [0.1, 0.15) is 4.32 Å². The summed E-state index contributed by atoms with van der Waals surface area (Å²) < 4.78 is 3.97. The van der Waals surface area contributed by atoms with Gasteiger partial charge in [0.25, 0.3) is 5.91 Å². The van der Waals surface area contributed by atoms with Gasteiger partial charge in [-0.15, -0.1) is 0 Å². The van der Waals surface area contributed by atoms with Gasteiger partial charge in [-0.25, -0.2) is 0 Å². The highest BCUT2D eigenvalue weighted by Gasteiger charge is 2.32. The molecule has 1 saturated carbocycles. The van der Waals surface area contributed by atoms with E-state index in [0.717, 1.165) is 51.3 Å². The monoisotopic (exact) mass is 524 g/mol. The van der Waals surface area contributed by atoms with Crippen molar-refractivity contribution in [3.8, 4) is 0 Å². The van der Waals surface area contributed by atoms with Gasteiger partial charge < -0.3 is 4.57 Å². The van der Waals surface area contributed by atoms with Gasteiger partial charge in [-0.2, -0.15) is 0 Å². The summed E-state index contributed by atoms with van der Waals surface area (Å²) in [5, 5.41) is 1.13. The first-order chi connectivity index (χ1) is 15.6. The average molecular weight is 526 g/mol. The molecule has 3 aromatic rings. The Kier molecular flexibility index (Phi) is 6.54. The Morgan fingerprint density at radius 3 is 2.69 bits per heavy atom. The minimum Gasteiger partial charge on any atom is -0.342 e. The lowest BCUT2D eigenvalue weighted by Gasteiger charge is -2.17. The number of amides is 1. The number of hydrogen-bond donors (Lipinski definition) is 0. The van der Waals surface area contributed by atoms with Crippen molar-refractivity contribution in [1.29, 1.82) is 0 Å². The number of hydrogen-bond acceptors (Lipinski definition) is 3. The second-order valence-corrected chi connectivity index (χ2v) is 11.2. The number of halogens is 1. The Bertz CT molecular complexity index is 1200. The molecule has 2 aromatic carbocycles. The Morgan fingerprint density at radius 2 is 1.91 bits per heavy atom. The van der Waals surface area contributed by atoms with E-state index in [1.165, 1.54) is 43.0 Å². The normalized spacial score (nSPS) is 18.5. The maximum absolute atomic E-state index is 13.2. The number of nitrogens with zero attached hydrogens (tertiary/aromatic N) is 2. The van der Waals surface area contributed by atoms with E-state index >= 15 is 0 Å². The maximum atomic E-state index is 13.2. The van der Waals surface area contributed by atoms with E-state index in [1.807, 2.05) is 17.0 Å². The van der Waals surface area contributed by atoms with E-state index in [1.54, 1.807) is 0 Å². The summed E-state index contributed by atoms with van der Waals surface area (Å²) in [6.07, 6.45) is 10.5. The third-order valence-electron chi connectivity index (χ3n) is 6.47. The van der Waals surface area contributed by atoms with Gasteiger partial charge in [-0.1, -0.05) is 95.9 Å². The van der Waals surface area contributed by atoms with Gasteiger partial charge in [-0.05, 0) is 42.2 Å². The Morgan fingerprint density at radius 1 is 1.12 bits per heavy atom. The van der Waals surface area contributed by atoms with Crippen LogP contribution in [0.5, 0.6) is 0 Å². The number of aromatic nitrogens is 1. The van der Waals surface area contributed by atoms with Crippen LogP contribution < -0.4 is 0 Å². The maximum Gasteiger partial charge on any atom is 0.266 e. The molecule has 164 valence electrons. The van der Waals surface area contributed by atoms with Crippen LogP contribution in [0.1, 0.15) is 43.2 Å². The Labute approximate surface area is 207 Å². The molecule has 0 spiro atoms. The smallest absolute Gasteiger partial charge is 0.266 e. The molecule has 0 N–H and O–H groups in total. The second-order valence-electron chi connectivity index (χ2n) is 8.63. The quantitative estimate of drug-likeness (QED) is 0.251. The molecule has 2 aliphatic rings. The summed E-state index contributed by atoms with van der Waals surface area (Å²) in [6, 6.07) is 16.8. The lowest BCUT2D eigenvalue weighted by molar-refractivity contribution is -0.122. The topological polar surface area (TPSA) is 25.2 Å². The lowest BCUT2D eigenvalue weighted by Crippen LogP contribution is -2.30. The zero-order chi connectivity index (χ0) is 22.1. The highest BCUT2D eigenvalue weighted by Crippen LogP contribution is 2.36. The summed E-state index contributed by atoms with van der Waals surface area (Å²) in [5.41, 5.74) is 3.45. The van der Waals surface area contributed by atoms with E-state index < -0.39 is 0 Å². The zero-order valence-corrected chi connectivity index (χ0v) is 21.0. The highest BCUT2D eigenvalue weighted by molar-refractivity contribution is 9.10. The predicted octanol–water partition coefficient (Wildman–Crippen LogP) is 7.23. The van der Waals surface area contributed by atoms with Crippen molar-refractivity contribution < 1.29 is 4.79 Å². The largest absolute Gasteiger partial charge is 0.342 e. The third kappa shape index (κ3) is 4.59. The van der Waals surface area contributed by atoms with Crippen LogP contribution in [0.2, 0.25) is 0 Å². The fourth-order valence-electron chi connectivity index (χ4n) is 4.77. The van der Waals surface area contributed by atoms with Crippen molar-refractivity contribution in [1.82, 2.24) is 9.47 Å². The molecule has 3 nitrogen and oxygen atoms in total. The minimum atomic E-state index is 0.0527. The number of benzene rings is 2. The van der Waals surface area contributed by atoms with Crippen LogP contribution in [0, 0.1) is 5.92 Å². The molecule has 2 heterocycles. The molecule has 1 aliphatic carbocycles. The summed E-state index contributed by atoms with van der Waals surface area (Å²) in [4.78, 5) is 15.7. The van der Waals surface area contributed by atoms with E-state index in [2.05, 4.69) is 69.2 Å². The van der Waals surface area contributed by atoms with Crippen molar-refractivity contribution in [2.45, 2.75) is 38.6 Å². The molecule has 5 rings (SSSR count). The first-order valence-electron chi connectivity index (χ1n) is 11.2. The van der Waals surface area contributed by atoms with Crippen molar-refractivity contribution in [3.05, 3.63) is 75.2 Å². The lowest BCUT2D eigenvalue weighted by atomic mass is 10.0. The second kappa shape index (κ2) is 9.54. The number of fused-ring (bicyclic) bond motifs is 1. The van der Waals surface area contributed by atoms with Gasteiger partial charge in [0.15, 0.2) is 0 Å². The summed E-state index contributed by atoms with van der Waals surface area (Å²) in [5.74, 6) is 0.800. The average Bonchev–Trinajstić information content (AvgIpc) is 3.48. The molecule has 0 unspecified atom stereocenters. The fourth-order valence-corrected chi connectivity index (χ4v) is 6.43. The van der Waals surface area contributed by atoms with Gasteiger partial charge in [0.2, 0.25) is 0 Å². The van der Waals surface area contributed by atoms with Crippen molar-refractivity contribution in [2.24, 2.45) is 5.92 Å². The van der Waals surface area contributed by atoms with Crippen LogP contribution >= 0.6 is 39.9 Å². The molecule has 2 fully saturated rings. The molecule has 1 amide bonds. The summed E-state index contributed by atoms with van der Waals surface area (Å²) in [7, 11) is 0. The fraction of sp³-hybridized carbons (Fsp3) is 0.308. The molecule has 0 bridgehead atoms. The number of thiocarbonyl (C=S) groups is 1. The van der Waals surface area contributed by atoms with Crippen molar-refractivity contribution in [3.63, 3.8) is 0 Å². The zero-order valence-electron chi connectivity index (χ0n) is 17.8. The number of carbonyl (C=O) groups is 1. The first kappa shape index (κ1) is 21.9. The number of rotatable bonds is 6. The number of carbonyl (C=O) groups excluding carboxylic acids is 1. The molecule has 1 saturated heterocycles. The van der Waals surface area contributed by atoms with E-state index in [9.17, 15) is 4.79 Å². The van der Waals surface area contributed by atoms with Crippen LogP contribution in [0.25, 0.3) is 17.0 Å². The van der Waals surface area contributed by atoms with E-state index in [-0.39, 0.29) is 5.91 Å². The Balaban J connectivity index is 1.43. The van der Waals surface area contributed by atoms with Crippen LogP contribution in [-0.2, 0) is 11.3 Å². The molecule has 0 atom stereocenters. The molecule has 6 heteroatoms. The van der Waals surface area contributed by atoms with Crippen molar-refractivity contribution in [2.75, 3.05) is 6.54 Å². The summed E-state index contributed by atoms with van der Waals surface area (Å²) in [6.45, 7) is 1.53. The van der Waals surface area contributed by atoms with Crippen LogP contribution in [0.15, 0.2) is 64.1 Å². The standard InChI is InChI=1S/C26H25BrN2OS2/c27-21-10-11-23-22(15-21)20(17-28(23)16-19-8-2-1-3-9-19)14-24-25(30)29(26(31)32-24)13-12-18-6-4-5-7-18/h1-3,8-11,14-15,17-18H,4-7,12-13,16H2/b24-14-. The molecule has 1 aromatic heterocycles. The van der Waals surface area contributed by atoms with Gasteiger partial charge in [0, 0.05) is 40.2 Å². The summed E-state index contributed by atoms with van der Waals surface area (Å²) >= 11 is 10.6. The van der Waals surface area contributed by atoms with Crippen molar-refractivity contribution >= 4 is 67.1 Å². The van der Waals surface area contributed by atoms with E-state index in [4.69, 9.17) is 12.2 Å². The van der Waals surface area contributed by atoms with Crippen LogP contribution in [-0.4, -0.2) is 26.2 Å². The minimum absolute atomic E-state index is 0.0527. The molecule has 1 aliphatic heterocycles. The first-order valence-corrected chi connectivity index (χ1v) is 13.2. The third-order valence-corrected chi connectivity index (χ3v) is 8.34. The van der Waals surface area contributed by atoms with Crippen LogP contribution in [0.3, 0.4) is 0 Å². The SMILES string of the molecule is O=C1/C(=C/c2cn(Cc3ccccc3)c3ccc(Br)cc23)SC(=S)N1CCC1CCCC1. The van der Waals surface area contributed by atoms with Gasteiger partial charge >= 0.3 is 0 Å².